The molecule has 0 amide bonds. The molecule has 0 atom stereocenters. The van der Waals surface area contributed by atoms with Crippen LogP contribution in [0.15, 0.2) is 42.5 Å². The van der Waals surface area contributed by atoms with E-state index in [2.05, 4.69) is 4.74 Å². The third kappa shape index (κ3) is 2.65. The zero-order valence-electron chi connectivity index (χ0n) is 10.6. The zero-order chi connectivity index (χ0) is 14.7. The number of rotatable bonds is 3. The Morgan fingerprint density at radius 3 is 2.45 bits per heavy atom. The van der Waals surface area contributed by atoms with Crippen molar-refractivity contribution in [2.75, 3.05) is 7.11 Å². The Balaban J connectivity index is 2.53. The fourth-order valence-corrected chi connectivity index (χ4v) is 2.07. The molecule has 0 aromatic heterocycles. The van der Waals surface area contributed by atoms with Gasteiger partial charge in [0.1, 0.15) is 5.76 Å². The van der Waals surface area contributed by atoms with Gasteiger partial charge < -0.3 is 9.84 Å². The van der Waals surface area contributed by atoms with Crippen molar-refractivity contribution >= 4 is 39.9 Å². The fraction of sp³-hybridized carbons (Fsp3) is 0.0667. The van der Waals surface area contributed by atoms with Crippen molar-refractivity contribution in [1.82, 2.24) is 0 Å². The molecule has 0 spiro atoms. The van der Waals surface area contributed by atoms with E-state index in [0.29, 0.717) is 16.0 Å². The quantitative estimate of drug-likeness (QED) is 0.408. The second-order valence-corrected chi connectivity index (χ2v) is 4.43. The van der Waals surface area contributed by atoms with Crippen LogP contribution >= 0.6 is 11.6 Å². The van der Waals surface area contributed by atoms with E-state index in [1.165, 1.54) is 0 Å². The lowest BCUT2D eigenvalue weighted by molar-refractivity contribution is -0.149. The minimum absolute atomic E-state index is 0.312. The highest BCUT2D eigenvalue weighted by Crippen LogP contribution is 2.29. The summed E-state index contributed by atoms with van der Waals surface area (Å²) in [6.07, 6.45) is 0.835. The molecule has 2 aromatic rings. The van der Waals surface area contributed by atoms with Crippen LogP contribution in [0.4, 0.5) is 0 Å². The van der Waals surface area contributed by atoms with E-state index in [1.54, 1.807) is 30.3 Å². The Morgan fingerprint density at radius 1 is 1.15 bits per heavy atom. The number of carbonyl (C=O) groups is 2. The first kappa shape index (κ1) is 14.1. The lowest BCUT2D eigenvalue weighted by Gasteiger charge is -2.07. The molecular formula is C15H11ClO4. The Hall–Kier alpha value is -2.33. The maximum Gasteiger partial charge on any atom is 0.378 e. The Labute approximate surface area is 120 Å². The summed E-state index contributed by atoms with van der Waals surface area (Å²) < 4.78 is 4.29. The van der Waals surface area contributed by atoms with Gasteiger partial charge in [-0.15, -0.1) is 0 Å². The van der Waals surface area contributed by atoms with Gasteiger partial charge in [-0.3, -0.25) is 4.79 Å². The number of hydrogen-bond acceptors (Lipinski definition) is 4. The van der Waals surface area contributed by atoms with Gasteiger partial charge in [0, 0.05) is 22.0 Å². The highest BCUT2D eigenvalue weighted by molar-refractivity contribution is 6.39. The van der Waals surface area contributed by atoms with Crippen LogP contribution in [0.1, 0.15) is 5.56 Å². The molecule has 20 heavy (non-hydrogen) atoms. The van der Waals surface area contributed by atoms with Crippen molar-refractivity contribution in [2.24, 2.45) is 0 Å². The molecule has 102 valence electrons. The number of esters is 1. The summed E-state index contributed by atoms with van der Waals surface area (Å²) in [6.45, 7) is 0. The highest BCUT2D eigenvalue weighted by atomic mass is 35.5. The lowest BCUT2D eigenvalue weighted by atomic mass is 10.0. The molecule has 0 heterocycles. The van der Waals surface area contributed by atoms with Gasteiger partial charge in [-0.2, -0.15) is 0 Å². The van der Waals surface area contributed by atoms with Crippen LogP contribution in [0.2, 0.25) is 5.02 Å². The van der Waals surface area contributed by atoms with Gasteiger partial charge in [-0.05, 0) is 17.5 Å². The number of ether oxygens (including phenoxy) is 1. The SMILES string of the molecule is COC(=O)C(=O)/C=C(/O)c1ccc(Cl)c2ccccc12. The molecule has 0 radical (unpaired) electrons. The van der Waals surface area contributed by atoms with Crippen LogP contribution in [0.25, 0.3) is 16.5 Å². The molecular weight excluding hydrogens is 280 g/mol. The first-order valence-corrected chi connectivity index (χ1v) is 6.13. The molecule has 2 rings (SSSR count). The van der Waals surface area contributed by atoms with Gasteiger partial charge in [0.25, 0.3) is 5.78 Å². The van der Waals surface area contributed by atoms with Crippen LogP contribution < -0.4 is 0 Å². The monoisotopic (exact) mass is 290 g/mol. The largest absolute Gasteiger partial charge is 0.507 e. The van der Waals surface area contributed by atoms with Crippen LogP contribution in [0, 0.1) is 0 Å². The molecule has 0 aliphatic heterocycles. The third-order valence-corrected chi connectivity index (χ3v) is 3.13. The molecule has 0 bridgehead atoms. The van der Waals surface area contributed by atoms with Crippen molar-refractivity contribution in [2.45, 2.75) is 0 Å². The number of benzene rings is 2. The molecule has 0 aliphatic carbocycles. The fourth-order valence-electron chi connectivity index (χ4n) is 1.85. The first-order chi connectivity index (χ1) is 9.54. The molecule has 5 heteroatoms. The van der Waals surface area contributed by atoms with Crippen LogP contribution in [0.5, 0.6) is 0 Å². The number of halogens is 1. The number of hydrogen-bond donors (Lipinski definition) is 1. The predicted molar refractivity (Wildman–Crippen MR) is 76.6 cm³/mol. The van der Waals surface area contributed by atoms with E-state index in [-0.39, 0.29) is 5.76 Å². The minimum Gasteiger partial charge on any atom is -0.507 e. The average molecular weight is 291 g/mol. The number of carbonyl (C=O) groups excluding carboxylic acids is 2. The van der Waals surface area contributed by atoms with Gasteiger partial charge >= 0.3 is 5.97 Å². The summed E-state index contributed by atoms with van der Waals surface area (Å²) in [5.41, 5.74) is 0.419. The van der Waals surface area contributed by atoms with Crippen molar-refractivity contribution in [3.63, 3.8) is 0 Å². The van der Waals surface area contributed by atoms with Gasteiger partial charge in [-0.25, -0.2) is 4.79 Å². The van der Waals surface area contributed by atoms with Crippen LogP contribution in [-0.2, 0) is 14.3 Å². The van der Waals surface area contributed by atoms with E-state index >= 15 is 0 Å². The van der Waals surface area contributed by atoms with Crippen LogP contribution in [0.3, 0.4) is 0 Å². The van der Waals surface area contributed by atoms with Crippen molar-refractivity contribution in [3.05, 3.63) is 53.1 Å². The van der Waals surface area contributed by atoms with Crippen LogP contribution in [-0.4, -0.2) is 24.0 Å². The summed E-state index contributed by atoms with van der Waals surface area (Å²) in [4.78, 5) is 22.5. The maximum atomic E-state index is 11.4. The highest BCUT2D eigenvalue weighted by Gasteiger charge is 2.14. The second kappa shape index (κ2) is 5.75. The zero-order valence-corrected chi connectivity index (χ0v) is 11.3. The van der Waals surface area contributed by atoms with Crippen molar-refractivity contribution < 1.29 is 19.4 Å². The number of aliphatic hydroxyl groups excluding tert-OH is 1. The van der Waals surface area contributed by atoms with Gasteiger partial charge in [0.15, 0.2) is 0 Å². The lowest BCUT2D eigenvalue weighted by Crippen LogP contribution is -2.13. The molecule has 0 saturated carbocycles. The number of aliphatic hydroxyl groups is 1. The topological polar surface area (TPSA) is 63.6 Å². The number of ketones is 1. The minimum atomic E-state index is -1.03. The second-order valence-electron chi connectivity index (χ2n) is 4.03. The van der Waals surface area contributed by atoms with E-state index in [0.717, 1.165) is 18.6 Å². The summed E-state index contributed by atoms with van der Waals surface area (Å²) in [5, 5.41) is 12.0. The summed E-state index contributed by atoms with van der Waals surface area (Å²) in [6, 6.07) is 10.4. The smallest absolute Gasteiger partial charge is 0.378 e. The summed E-state index contributed by atoms with van der Waals surface area (Å²) in [5.74, 6) is -2.27. The van der Waals surface area contributed by atoms with E-state index in [4.69, 9.17) is 11.6 Å². The third-order valence-electron chi connectivity index (χ3n) is 2.80. The molecule has 2 aromatic carbocycles. The normalized spacial score (nSPS) is 11.4. The summed E-state index contributed by atoms with van der Waals surface area (Å²) in [7, 11) is 1.10. The van der Waals surface area contributed by atoms with Gasteiger partial charge in [0.05, 0.1) is 7.11 Å². The van der Waals surface area contributed by atoms with E-state index in [9.17, 15) is 14.7 Å². The van der Waals surface area contributed by atoms with Gasteiger partial charge in [0.2, 0.25) is 0 Å². The van der Waals surface area contributed by atoms with Gasteiger partial charge in [-0.1, -0.05) is 35.9 Å². The molecule has 0 fully saturated rings. The Morgan fingerprint density at radius 2 is 1.80 bits per heavy atom. The standard InChI is InChI=1S/C15H11ClO4/c1-20-15(19)14(18)8-13(17)11-6-7-12(16)10-5-3-2-4-9(10)11/h2-8,17H,1H3/b13-8+. The average Bonchev–Trinajstić information content (AvgIpc) is 2.46. The molecule has 4 nitrogen and oxygen atoms in total. The van der Waals surface area contributed by atoms with E-state index < -0.39 is 11.8 Å². The Kier molecular flexibility index (Phi) is 4.05. The molecule has 1 N–H and O–H groups in total. The number of methoxy groups -OCH3 is 1. The number of fused-ring (bicyclic) bond motifs is 1. The molecule has 0 aliphatic rings. The molecule has 0 unspecified atom stereocenters. The molecule has 0 saturated heterocycles. The van der Waals surface area contributed by atoms with E-state index in [1.807, 2.05) is 6.07 Å². The first-order valence-electron chi connectivity index (χ1n) is 5.75. The Bertz CT molecular complexity index is 719. The van der Waals surface area contributed by atoms with Crippen molar-refractivity contribution in [1.29, 1.82) is 0 Å². The van der Waals surface area contributed by atoms with Crippen molar-refractivity contribution in [3.8, 4) is 0 Å². The maximum absolute atomic E-state index is 11.4. The summed E-state index contributed by atoms with van der Waals surface area (Å²) >= 11 is 6.07. The predicted octanol–water partition coefficient (Wildman–Crippen LogP) is 3.13.